The van der Waals surface area contributed by atoms with Gasteiger partial charge in [-0.15, -0.1) is 0 Å². The van der Waals surface area contributed by atoms with Crippen LogP contribution in [-0.2, 0) is 0 Å². The number of hydrogen-bond acceptors (Lipinski definition) is 1. The molecule has 62 valence electrons. The quantitative estimate of drug-likeness (QED) is 0.485. The molecule has 0 unspecified atom stereocenters. The summed E-state index contributed by atoms with van der Waals surface area (Å²) >= 11 is 0. The first-order valence-corrected chi connectivity index (χ1v) is 3.92. The maximum Gasteiger partial charge on any atom is 0.0431 e. The predicted molar refractivity (Wildman–Crippen MR) is 49.9 cm³/mol. The first-order valence-electron chi connectivity index (χ1n) is 3.92. The first kappa shape index (κ1) is 10.6. The molecule has 0 bridgehead atoms. The van der Waals surface area contributed by atoms with E-state index in [1.165, 1.54) is 0 Å². The summed E-state index contributed by atoms with van der Waals surface area (Å²) in [5, 5.41) is 8.44. The molecule has 0 aliphatic carbocycles. The van der Waals surface area contributed by atoms with Gasteiger partial charge in [-0.3, -0.25) is 0 Å². The molecule has 1 heteroatoms. The second kappa shape index (κ2) is 9.64. The van der Waals surface area contributed by atoms with Crippen LogP contribution in [-0.4, -0.2) is 11.7 Å². The van der Waals surface area contributed by atoms with Crippen LogP contribution in [0.25, 0.3) is 0 Å². The molecular weight excluding hydrogens is 148 g/mol. The van der Waals surface area contributed by atoms with Gasteiger partial charge < -0.3 is 5.11 Å². The molecule has 0 heterocycles. The van der Waals surface area contributed by atoms with E-state index in [0.717, 1.165) is 19.3 Å². The van der Waals surface area contributed by atoms with Gasteiger partial charge in [0.05, 0.1) is 0 Å². The van der Waals surface area contributed by atoms with Crippen molar-refractivity contribution in [2.24, 2.45) is 0 Å². The third kappa shape index (κ3) is 8.64. The van der Waals surface area contributed by atoms with E-state index in [2.05, 4.69) is 35.5 Å². The van der Waals surface area contributed by atoms with Crippen molar-refractivity contribution in [3.8, 4) is 35.5 Å². The lowest BCUT2D eigenvalue weighted by molar-refractivity contribution is 0.285. The van der Waals surface area contributed by atoms with Crippen molar-refractivity contribution in [3.63, 3.8) is 0 Å². The van der Waals surface area contributed by atoms with Gasteiger partial charge in [-0.25, -0.2) is 0 Å². The van der Waals surface area contributed by atoms with Gasteiger partial charge in [0.15, 0.2) is 0 Å². The Balaban J connectivity index is 3.47. The van der Waals surface area contributed by atoms with Crippen LogP contribution in [0.3, 0.4) is 0 Å². The maximum absolute atomic E-state index is 8.44. The number of rotatable bonds is 3. The Hall–Kier alpha value is -1.36. The van der Waals surface area contributed by atoms with Crippen molar-refractivity contribution >= 4 is 0 Å². The zero-order chi connectivity index (χ0) is 9.07. The van der Waals surface area contributed by atoms with Crippen molar-refractivity contribution in [1.29, 1.82) is 0 Å². The van der Waals surface area contributed by atoms with Gasteiger partial charge in [0.2, 0.25) is 0 Å². The van der Waals surface area contributed by atoms with Gasteiger partial charge in [-0.2, -0.15) is 0 Å². The van der Waals surface area contributed by atoms with Crippen LogP contribution in [0.4, 0.5) is 0 Å². The Labute approximate surface area is 74.2 Å². The normalized spacial score (nSPS) is 6.50. The lowest BCUT2D eigenvalue weighted by Gasteiger charge is -1.86. The van der Waals surface area contributed by atoms with Crippen molar-refractivity contribution in [3.05, 3.63) is 0 Å². The summed E-state index contributed by atoms with van der Waals surface area (Å²) in [6.07, 6.45) is 2.55. The van der Waals surface area contributed by atoms with Crippen LogP contribution in [0, 0.1) is 35.5 Å². The molecule has 0 aliphatic heterocycles. The number of hydrogen-bond donors (Lipinski definition) is 1. The first-order chi connectivity index (χ1) is 5.91. The average Bonchev–Trinajstić information content (AvgIpc) is 2.10. The van der Waals surface area contributed by atoms with Crippen molar-refractivity contribution in [2.75, 3.05) is 6.61 Å². The van der Waals surface area contributed by atoms with Crippen LogP contribution in [0.1, 0.15) is 26.2 Å². The van der Waals surface area contributed by atoms with Gasteiger partial charge in [0, 0.05) is 13.0 Å². The van der Waals surface area contributed by atoms with Crippen molar-refractivity contribution in [1.82, 2.24) is 0 Å². The van der Waals surface area contributed by atoms with Crippen LogP contribution >= 0.6 is 0 Å². The van der Waals surface area contributed by atoms with Gasteiger partial charge in [0.25, 0.3) is 0 Å². The highest BCUT2D eigenvalue weighted by atomic mass is 16.2. The second-order valence-corrected chi connectivity index (χ2v) is 2.11. The van der Waals surface area contributed by atoms with Gasteiger partial charge in [-0.05, 0) is 43.4 Å². The minimum absolute atomic E-state index is 0.245. The minimum Gasteiger partial charge on any atom is -0.396 e. The lowest BCUT2D eigenvalue weighted by atomic mass is 10.2. The van der Waals surface area contributed by atoms with Gasteiger partial charge >= 0.3 is 0 Å². The molecule has 0 atom stereocenters. The molecule has 12 heavy (non-hydrogen) atoms. The highest BCUT2D eigenvalue weighted by molar-refractivity contribution is 5.35. The summed E-state index contributed by atoms with van der Waals surface area (Å²) in [4.78, 5) is 0. The van der Waals surface area contributed by atoms with Crippen molar-refractivity contribution in [2.45, 2.75) is 26.2 Å². The molecule has 0 amide bonds. The molecule has 0 aromatic rings. The fourth-order valence-corrected chi connectivity index (χ4v) is 0.557. The SMILES string of the molecule is CC#CC#CC#CCCCCO. The van der Waals surface area contributed by atoms with E-state index >= 15 is 0 Å². The standard InChI is InChI=1S/C11H12O/c1-2-3-4-5-6-7-8-9-10-11-12/h12H,8-11H2,1H3. The molecular formula is C11H12O. The molecule has 1 nitrogen and oxygen atoms in total. The Bertz CT molecular complexity index is 269. The largest absolute Gasteiger partial charge is 0.396 e. The van der Waals surface area contributed by atoms with Crippen LogP contribution < -0.4 is 0 Å². The Morgan fingerprint density at radius 2 is 1.75 bits per heavy atom. The Morgan fingerprint density at radius 3 is 2.42 bits per heavy atom. The molecule has 1 N–H and O–H groups in total. The van der Waals surface area contributed by atoms with E-state index in [9.17, 15) is 0 Å². The summed E-state index contributed by atoms with van der Waals surface area (Å²) in [5.41, 5.74) is 0. The topological polar surface area (TPSA) is 20.2 Å². The highest BCUT2D eigenvalue weighted by Crippen LogP contribution is 1.90. The number of aliphatic hydroxyl groups excluding tert-OH is 1. The molecule has 0 fully saturated rings. The predicted octanol–water partition coefficient (Wildman–Crippen LogP) is 1.18. The van der Waals surface area contributed by atoms with Crippen LogP contribution in [0.5, 0.6) is 0 Å². The van der Waals surface area contributed by atoms with E-state index < -0.39 is 0 Å². The zero-order valence-corrected chi connectivity index (χ0v) is 7.28. The van der Waals surface area contributed by atoms with Gasteiger partial charge in [-0.1, -0.05) is 11.8 Å². The van der Waals surface area contributed by atoms with Crippen LogP contribution in [0.2, 0.25) is 0 Å². The molecule has 0 aliphatic rings. The molecule has 0 aromatic carbocycles. The minimum atomic E-state index is 0.245. The summed E-state index contributed by atoms with van der Waals surface area (Å²) < 4.78 is 0. The second-order valence-electron chi connectivity index (χ2n) is 2.11. The molecule has 0 radical (unpaired) electrons. The third-order valence-electron chi connectivity index (χ3n) is 1.11. The Kier molecular flexibility index (Phi) is 8.55. The fourth-order valence-electron chi connectivity index (χ4n) is 0.557. The molecule has 0 rings (SSSR count). The molecule has 0 aromatic heterocycles. The lowest BCUT2D eigenvalue weighted by Crippen LogP contribution is -1.80. The molecule has 0 saturated heterocycles. The monoisotopic (exact) mass is 160 g/mol. The van der Waals surface area contributed by atoms with E-state index in [-0.39, 0.29) is 6.61 Å². The Morgan fingerprint density at radius 1 is 1.00 bits per heavy atom. The number of unbranched alkanes of at least 4 members (excludes halogenated alkanes) is 2. The summed E-state index contributed by atoms with van der Waals surface area (Å²) in [6, 6.07) is 0. The third-order valence-corrected chi connectivity index (χ3v) is 1.11. The van der Waals surface area contributed by atoms with E-state index in [0.29, 0.717) is 0 Å². The van der Waals surface area contributed by atoms with E-state index in [4.69, 9.17) is 5.11 Å². The molecule has 0 spiro atoms. The summed E-state index contributed by atoms with van der Waals surface area (Å²) in [6.45, 7) is 1.98. The summed E-state index contributed by atoms with van der Waals surface area (Å²) in [5.74, 6) is 16.0. The number of aliphatic hydroxyl groups is 1. The van der Waals surface area contributed by atoms with Crippen molar-refractivity contribution < 1.29 is 5.11 Å². The molecule has 0 saturated carbocycles. The zero-order valence-electron chi connectivity index (χ0n) is 7.28. The van der Waals surface area contributed by atoms with E-state index in [1.54, 1.807) is 6.92 Å². The maximum atomic E-state index is 8.44. The van der Waals surface area contributed by atoms with Gasteiger partial charge in [0.1, 0.15) is 0 Å². The average molecular weight is 160 g/mol. The fraction of sp³-hybridized carbons (Fsp3) is 0.455. The summed E-state index contributed by atoms with van der Waals surface area (Å²) in [7, 11) is 0. The van der Waals surface area contributed by atoms with E-state index in [1.807, 2.05) is 0 Å². The smallest absolute Gasteiger partial charge is 0.0431 e. The van der Waals surface area contributed by atoms with Crippen LogP contribution in [0.15, 0.2) is 0 Å². The highest BCUT2D eigenvalue weighted by Gasteiger charge is 1.79.